The van der Waals surface area contributed by atoms with Crippen molar-refractivity contribution in [2.75, 3.05) is 6.54 Å². The highest BCUT2D eigenvalue weighted by Gasteiger charge is 2.34. The van der Waals surface area contributed by atoms with Gasteiger partial charge in [-0.2, -0.15) is 10.2 Å². The standard InChI is InChI=1S/C14H18ClN5O/c1-3-20-12(6-7-16-20)11-5-4-8-19(11)14(21)13-10(15)9-17-18(13)2/h6-7,9,11H,3-5,8H2,1-2H3/t11-/m0/s1. The molecule has 0 saturated carbocycles. The number of rotatable bonds is 3. The molecular weight excluding hydrogens is 290 g/mol. The molecule has 0 unspecified atom stereocenters. The average molecular weight is 308 g/mol. The van der Waals surface area contributed by atoms with Gasteiger partial charge in [-0.15, -0.1) is 0 Å². The molecular formula is C14H18ClN5O. The third-order valence-corrected chi connectivity index (χ3v) is 4.28. The average Bonchev–Trinajstić information content (AvgIpc) is 3.17. The molecule has 1 aliphatic rings. The number of hydrogen-bond donors (Lipinski definition) is 0. The molecule has 1 atom stereocenters. The molecule has 7 heteroatoms. The molecule has 0 aliphatic carbocycles. The van der Waals surface area contributed by atoms with Crippen LogP contribution < -0.4 is 0 Å². The van der Waals surface area contributed by atoms with E-state index in [0.717, 1.165) is 31.6 Å². The first-order valence-corrected chi connectivity index (χ1v) is 7.51. The van der Waals surface area contributed by atoms with Gasteiger partial charge in [0.1, 0.15) is 5.69 Å². The Balaban J connectivity index is 1.93. The molecule has 1 amide bonds. The summed E-state index contributed by atoms with van der Waals surface area (Å²) in [5, 5.41) is 8.76. The number of likely N-dealkylation sites (tertiary alicyclic amines) is 1. The van der Waals surface area contributed by atoms with Crippen molar-refractivity contribution in [3.8, 4) is 0 Å². The zero-order valence-electron chi connectivity index (χ0n) is 12.2. The summed E-state index contributed by atoms with van der Waals surface area (Å²) in [6, 6.07) is 2.05. The van der Waals surface area contributed by atoms with E-state index in [-0.39, 0.29) is 11.9 Å². The largest absolute Gasteiger partial charge is 0.329 e. The van der Waals surface area contributed by atoms with Gasteiger partial charge in [0.05, 0.1) is 23.0 Å². The van der Waals surface area contributed by atoms with E-state index in [0.29, 0.717) is 10.7 Å². The molecule has 21 heavy (non-hydrogen) atoms. The van der Waals surface area contributed by atoms with Crippen molar-refractivity contribution < 1.29 is 4.79 Å². The summed E-state index contributed by atoms with van der Waals surface area (Å²) >= 11 is 6.10. The van der Waals surface area contributed by atoms with E-state index >= 15 is 0 Å². The summed E-state index contributed by atoms with van der Waals surface area (Å²) in [6.07, 6.45) is 5.24. The lowest BCUT2D eigenvalue weighted by atomic mass is 10.1. The van der Waals surface area contributed by atoms with Crippen molar-refractivity contribution in [1.29, 1.82) is 0 Å². The Hall–Kier alpha value is -1.82. The van der Waals surface area contributed by atoms with Crippen LogP contribution >= 0.6 is 11.6 Å². The molecule has 112 valence electrons. The van der Waals surface area contributed by atoms with Crippen LogP contribution in [-0.2, 0) is 13.6 Å². The molecule has 2 aromatic heterocycles. The van der Waals surface area contributed by atoms with Crippen molar-refractivity contribution in [3.63, 3.8) is 0 Å². The van der Waals surface area contributed by atoms with Crippen LogP contribution in [0.15, 0.2) is 18.5 Å². The van der Waals surface area contributed by atoms with Crippen LogP contribution in [0.3, 0.4) is 0 Å². The number of amides is 1. The number of aryl methyl sites for hydroxylation is 2. The number of carbonyl (C=O) groups excluding carboxylic acids is 1. The monoisotopic (exact) mass is 307 g/mol. The molecule has 0 radical (unpaired) electrons. The fraction of sp³-hybridized carbons (Fsp3) is 0.500. The van der Waals surface area contributed by atoms with Crippen LogP contribution in [-0.4, -0.2) is 36.9 Å². The maximum atomic E-state index is 12.8. The number of aromatic nitrogens is 4. The highest BCUT2D eigenvalue weighted by molar-refractivity contribution is 6.33. The van der Waals surface area contributed by atoms with Gasteiger partial charge in [0.2, 0.25) is 0 Å². The number of nitrogens with zero attached hydrogens (tertiary/aromatic N) is 5. The van der Waals surface area contributed by atoms with Crippen LogP contribution in [0.2, 0.25) is 5.02 Å². The van der Waals surface area contributed by atoms with E-state index in [4.69, 9.17) is 11.6 Å². The predicted molar refractivity (Wildman–Crippen MR) is 79.1 cm³/mol. The van der Waals surface area contributed by atoms with Crippen LogP contribution in [0.5, 0.6) is 0 Å². The summed E-state index contributed by atoms with van der Waals surface area (Å²) in [5.74, 6) is -0.0636. The third-order valence-electron chi connectivity index (χ3n) is 4.00. The normalized spacial score (nSPS) is 18.4. The van der Waals surface area contributed by atoms with Gasteiger partial charge in [-0.3, -0.25) is 14.2 Å². The maximum absolute atomic E-state index is 12.8. The molecule has 0 spiro atoms. The molecule has 0 N–H and O–H groups in total. The minimum Gasteiger partial charge on any atom is -0.329 e. The topological polar surface area (TPSA) is 56.0 Å². The summed E-state index contributed by atoms with van der Waals surface area (Å²) in [4.78, 5) is 14.7. The van der Waals surface area contributed by atoms with Crippen molar-refractivity contribution in [2.45, 2.75) is 32.4 Å². The molecule has 3 heterocycles. The van der Waals surface area contributed by atoms with Crippen molar-refractivity contribution >= 4 is 17.5 Å². The Bertz CT molecular complexity index is 643. The van der Waals surface area contributed by atoms with Gasteiger partial charge < -0.3 is 4.90 Å². The lowest BCUT2D eigenvalue weighted by Gasteiger charge is -2.25. The quantitative estimate of drug-likeness (QED) is 0.874. The second kappa shape index (κ2) is 5.52. The summed E-state index contributed by atoms with van der Waals surface area (Å²) in [5.41, 5.74) is 1.53. The van der Waals surface area contributed by atoms with E-state index in [1.165, 1.54) is 10.9 Å². The van der Waals surface area contributed by atoms with Gasteiger partial charge in [-0.1, -0.05) is 11.6 Å². The molecule has 1 saturated heterocycles. The molecule has 1 fully saturated rings. The van der Waals surface area contributed by atoms with Gasteiger partial charge in [0, 0.05) is 26.3 Å². The number of carbonyl (C=O) groups is 1. The van der Waals surface area contributed by atoms with Crippen LogP contribution in [0.25, 0.3) is 0 Å². The van der Waals surface area contributed by atoms with Crippen LogP contribution in [0, 0.1) is 0 Å². The third kappa shape index (κ3) is 2.33. The molecule has 0 bridgehead atoms. The van der Waals surface area contributed by atoms with Gasteiger partial charge in [-0.25, -0.2) is 0 Å². The van der Waals surface area contributed by atoms with Crippen LogP contribution in [0.1, 0.15) is 42.0 Å². The fourth-order valence-corrected chi connectivity index (χ4v) is 3.24. The molecule has 1 aliphatic heterocycles. The zero-order valence-corrected chi connectivity index (χ0v) is 12.9. The first-order chi connectivity index (χ1) is 10.1. The van der Waals surface area contributed by atoms with Crippen molar-refractivity contribution in [3.05, 3.63) is 34.9 Å². The lowest BCUT2D eigenvalue weighted by Crippen LogP contribution is -2.33. The van der Waals surface area contributed by atoms with E-state index in [1.807, 2.05) is 15.6 Å². The lowest BCUT2D eigenvalue weighted by molar-refractivity contribution is 0.0719. The SMILES string of the molecule is CCn1nccc1[C@@H]1CCCN1C(=O)c1c(Cl)cnn1C. The molecule has 3 rings (SSSR count). The first kappa shape index (κ1) is 14.1. The highest BCUT2D eigenvalue weighted by atomic mass is 35.5. The first-order valence-electron chi connectivity index (χ1n) is 7.13. The van der Waals surface area contributed by atoms with Crippen LogP contribution in [0.4, 0.5) is 0 Å². The number of hydrogen-bond acceptors (Lipinski definition) is 3. The fourth-order valence-electron chi connectivity index (χ4n) is 2.99. The second-order valence-corrected chi connectivity index (χ2v) is 5.60. The van der Waals surface area contributed by atoms with Gasteiger partial charge >= 0.3 is 0 Å². The van der Waals surface area contributed by atoms with Crippen molar-refractivity contribution in [1.82, 2.24) is 24.5 Å². The van der Waals surface area contributed by atoms with Gasteiger partial charge in [0.25, 0.3) is 5.91 Å². The minimum absolute atomic E-state index is 0.0610. The minimum atomic E-state index is -0.0636. The second-order valence-electron chi connectivity index (χ2n) is 5.19. The van der Waals surface area contributed by atoms with E-state index < -0.39 is 0 Å². The van der Waals surface area contributed by atoms with Gasteiger partial charge in [-0.05, 0) is 25.8 Å². The summed E-state index contributed by atoms with van der Waals surface area (Å²) in [6.45, 7) is 3.59. The molecule has 0 aromatic carbocycles. The van der Waals surface area contributed by atoms with Gasteiger partial charge in [0.15, 0.2) is 0 Å². The zero-order chi connectivity index (χ0) is 15.0. The Morgan fingerprint density at radius 1 is 1.48 bits per heavy atom. The van der Waals surface area contributed by atoms with Crippen molar-refractivity contribution in [2.24, 2.45) is 7.05 Å². The maximum Gasteiger partial charge on any atom is 0.274 e. The smallest absolute Gasteiger partial charge is 0.274 e. The Kier molecular flexibility index (Phi) is 3.71. The molecule has 2 aromatic rings. The Labute approximate surface area is 128 Å². The number of halogens is 1. The summed E-state index contributed by atoms with van der Waals surface area (Å²) in [7, 11) is 1.74. The Morgan fingerprint density at radius 2 is 2.29 bits per heavy atom. The van der Waals surface area contributed by atoms with E-state index in [9.17, 15) is 4.79 Å². The predicted octanol–water partition coefficient (Wildman–Crippen LogP) is 2.27. The van der Waals surface area contributed by atoms with E-state index in [1.54, 1.807) is 13.2 Å². The Morgan fingerprint density at radius 3 is 2.95 bits per heavy atom. The summed E-state index contributed by atoms with van der Waals surface area (Å²) < 4.78 is 3.48. The highest BCUT2D eigenvalue weighted by Crippen LogP contribution is 2.33. The molecule has 6 nitrogen and oxygen atoms in total. The van der Waals surface area contributed by atoms with E-state index in [2.05, 4.69) is 17.1 Å².